The second-order valence-electron chi connectivity index (χ2n) is 2.40. The molecule has 0 fully saturated rings. The second kappa shape index (κ2) is 4.68. The van der Waals surface area contributed by atoms with Crippen LogP contribution in [0.2, 0.25) is 0 Å². The van der Waals surface area contributed by atoms with Gasteiger partial charge in [-0.05, 0) is 11.9 Å². The van der Waals surface area contributed by atoms with Crippen LogP contribution in [0.3, 0.4) is 0 Å². The third-order valence-corrected chi connectivity index (χ3v) is 2.50. The molecule has 0 saturated heterocycles. The first kappa shape index (κ1) is 11.4. The molecule has 14 heavy (non-hydrogen) atoms. The molecule has 2 heterocycles. The standard InChI is InChI=1S/C7H6FN3S2.CH4/c8-6-1-5-2-9-4-11(5)3-7(6)13-10-12;/h1-4,10,12H;1H4. The smallest absolute Gasteiger partial charge is 0.141 e. The molecule has 2 aromatic rings. The van der Waals surface area contributed by atoms with E-state index >= 15 is 0 Å². The summed E-state index contributed by atoms with van der Waals surface area (Å²) in [7, 11) is 0. The lowest BCUT2D eigenvalue weighted by Gasteiger charge is -2.01. The molecule has 2 rings (SSSR count). The van der Waals surface area contributed by atoms with Gasteiger partial charge >= 0.3 is 0 Å². The van der Waals surface area contributed by atoms with Crippen LogP contribution >= 0.6 is 24.8 Å². The Morgan fingerprint density at radius 2 is 2.36 bits per heavy atom. The van der Waals surface area contributed by atoms with E-state index in [1.807, 2.05) is 0 Å². The Balaban J connectivity index is 0.000000980. The molecule has 0 saturated carbocycles. The van der Waals surface area contributed by atoms with E-state index in [-0.39, 0.29) is 13.2 Å². The molecular formula is C8H10FN3S2. The maximum absolute atomic E-state index is 13.2. The molecule has 0 unspecified atom stereocenters. The van der Waals surface area contributed by atoms with Crippen LogP contribution in [0, 0.1) is 5.82 Å². The van der Waals surface area contributed by atoms with Gasteiger partial charge < -0.3 is 4.40 Å². The molecule has 0 atom stereocenters. The molecule has 6 heteroatoms. The van der Waals surface area contributed by atoms with E-state index in [0.717, 1.165) is 17.5 Å². The monoisotopic (exact) mass is 231 g/mol. The van der Waals surface area contributed by atoms with E-state index in [9.17, 15) is 4.39 Å². The second-order valence-corrected chi connectivity index (χ2v) is 3.78. The van der Waals surface area contributed by atoms with Crippen molar-refractivity contribution in [2.45, 2.75) is 12.3 Å². The Morgan fingerprint density at radius 1 is 1.57 bits per heavy atom. The highest BCUT2D eigenvalue weighted by molar-refractivity contribution is 8.06. The lowest BCUT2D eigenvalue weighted by Crippen LogP contribution is -1.91. The first-order valence-corrected chi connectivity index (χ1v) is 4.75. The summed E-state index contributed by atoms with van der Waals surface area (Å²) in [5.41, 5.74) is 0.737. The number of thiol groups is 1. The molecule has 0 aromatic carbocycles. The van der Waals surface area contributed by atoms with Crippen LogP contribution in [0.15, 0.2) is 29.7 Å². The Bertz CT molecular complexity index is 429. The van der Waals surface area contributed by atoms with E-state index in [4.69, 9.17) is 0 Å². The molecule has 2 aromatic heterocycles. The van der Waals surface area contributed by atoms with Gasteiger partial charge in [-0.1, -0.05) is 20.2 Å². The number of pyridine rings is 1. The molecule has 0 spiro atoms. The number of nitrogens with zero attached hydrogens (tertiary/aromatic N) is 2. The summed E-state index contributed by atoms with van der Waals surface area (Å²) in [5.74, 6) is -0.278. The predicted octanol–water partition coefficient (Wildman–Crippen LogP) is 2.55. The minimum atomic E-state index is -0.278. The summed E-state index contributed by atoms with van der Waals surface area (Å²) in [6.07, 6.45) is 4.88. The summed E-state index contributed by atoms with van der Waals surface area (Å²) in [4.78, 5) is 4.38. The SMILES string of the molecule is C.Fc1cc2cncn2cc1SNS. The molecule has 0 radical (unpaired) electrons. The average molecular weight is 231 g/mol. The van der Waals surface area contributed by atoms with Crippen molar-refractivity contribution in [3.8, 4) is 0 Å². The van der Waals surface area contributed by atoms with E-state index in [1.54, 1.807) is 23.1 Å². The molecule has 0 aliphatic heterocycles. The minimum absolute atomic E-state index is 0. The summed E-state index contributed by atoms with van der Waals surface area (Å²) in [6.45, 7) is 0. The van der Waals surface area contributed by atoms with Crippen molar-refractivity contribution in [1.82, 2.24) is 13.5 Å². The number of imidazole rings is 1. The van der Waals surface area contributed by atoms with Gasteiger partial charge in [0.15, 0.2) is 0 Å². The van der Waals surface area contributed by atoms with Gasteiger partial charge in [0.25, 0.3) is 0 Å². The molecule has 1 N–H and O–H groups in total. The Hall–Kier alpha value is -0.720. The third kappa shape index (κ3) is 2.02. The summed E-state index contributed by atoms with van der Waals surface area (Å²) >= 11 is 4.89. The van der Waals surface area contributed by atoms with Crippen molar-refractivity contribution in [2.75, 3.05) is 0 Å². The van der Waals surface area contributed by atoms with Crippen LogP contribution in [-0.4, -0.2) is 9.38 Å². The molecule has 0 bridgehead atoms. The largest absolute Gasteiger partial charge is 0.305 e. The lowest BCUT2D eigenvalue weighted by atomic mass is 10.4. The van der Waals surface area contributed by atoms with Crippen LogP contribution < -0.4 is 4.13 Å². The van der Waals surface area contributed by atoms with Gasteiger partial charge in [0.05, 0.1) is 22.9 Å². The highest BCUT2D eigenvalue weighted by Crippen LogP contribution is 2.20. The molecule has 0 aliphatic rings. The van der Waals surface area contributed by atoms with Crippen LogP contribution in [0.25, 0.3) is 5.52 Å². The van der Waals surface area contributed by atoms with Gasteiger partial charge in [-0.3, -0.25) is 0 Å². The molecule has 76 valence electrons. The number of nitrogens with one attached hydrogen (secondary N) is 1. The number of hydrogen-bond donors (Lipinski definition) is 2. The Morgan fingerprint density at radius 3 is 3.07 bits per heavy atom. The van der Waals surface area contributed by atoms with Crippen molar-refractivity contribution in [2.24, 2.45) is 0 Å². The van der Waals surface area contributed by atoms with Crippen molar-refractivity contribution in [1.29, 1.82) is 0 Å². The zero-order valence-electron chi connectivity index (χ0n) is 6.44. The van der Waals surface area contributed by atoms with Gasteiger partial charge in [0.2, 0.25) is 0 Å². The van der Waals surface area contributed by atoms with E-state index in [0.29, 0.717) is 4.90 Å². The highest BCUT2D eigenvalue weighted by atomic mass is 32.2. The van der Waals surface area contributed by atoms with Crippen LogP contribution in [-0.2, 0) is 0 Å². The first-order chi connectivity index (χ1) is 6.31. The van der Waals surface area contributed by atoms with Crippen molar-refractivity contribution < 1.29 is 4.39 Å². The first-order valence-electron chi connectivity index (χ1n) is 3.48. The number of halogens is 1. The quantitative estimate of drug-likeness (QED) is 0.615. The van der Waals surface area contributed by atoms with Gasteiger partial charge in [-0.2, -0.15) is 0 Å². The summed E-state index contributed by atoms with van der Waals surface area (Å²) < 4.78 is 17.5. The van der Waals surface area contributed by atoms with Crippen LogP contribution in [0.4, 0.5) is 4.39 Å². The number of aromatic nitrogens is 2. The van der Waals surface area contributed by atoms with Gasteiger partial charge in [0, 0.05) is 12.3 Å². The molecule has 3 nitrogen and oxygen atoms in total. The molecule has 0 amide bonds. The topological polar surface area (TPSA) is 29.3 Å². The average Bonchev–Trinajstić information content (AvgIpc) is 2.52. The maximum Gasteiger partial charge on any atom is 0.141 e. The number of rotatable bonds is 2. The fourth-order valence-corrected chi connectivity index (χ4v) is 1.76. The third-order valence-electron chi connectivity index (χ3n) is 1.62. The van der Waals surface area contributed by atoms with E-state index in [1.165, 1.54) is 6.07 Å². The lowest BCUT2D eigenvalue weighted by molar-refractivity contribution is 0.599. The van der Waals surface area contributed by atoms with Gasteiger partial charge in [0.1, 0.15) is 5.82 Å². The zero-order valence-corrected chi connectivity index (χ0v) is 8.15. The van der Waals surface area contributed by atoms with Crippen LogP contribution in [0.5, 0.6) is 0 Å². The van der Waals surface area contributed by atoms with Gasteiger partial charge in [-0.25, -0.2) is 13.5 Å². The van der Waals surface area contributed by atoms with Crippen molar-refractivity contribution in [3.63, 3.8) is 0 Å². The van der Waals surface area contributed by atoms with E-state index in [2.05, 4.69) is 21.9 Å². The highest BCUT2D eigenvalue weighted by Gasteiger charge is 2.04. The van der Waals surface area contributed by atoms with Crippen molar-refractivity contribution >= 4 is 30.3 Å². The fraction of sp³-hybridized carbons (Fsp3) is 0.125. The fourth-order valence-electron chi connectivity index (χ4n) is 1.05. The number of hydrogen-bond acceptors (Lipinski definition) is 4. The normalized spacial score (nSPS) is 10.1. The maximum atomic E-state index is 13.2. The van der Waals surface area contributed by atoms with Gasteiger partial charge in [-0.15, -0.1) is 0 Å². The summed E-state index contributed by atoms with van der Waals surface area (Å²) in [5, 5.41) is 0. The number of fused-ring (bicyclic) bond motifs is 1. The van der Waals surface area contributed by atoms with E-state index < -0.39 is 0 Å². The molecule has 0 aliphatic carbocycles. The zero-order chi connectivity index (χ0) is 9.26. The molecular weight excluding hydrogens is 221 g/mol. The Kier molecular flexibility index (Phi) is 3.79. The summed E-state index contributed by atoms with van der Waals surface area (Å²) in [6, 6.07) is 1.43. The minimum Gasteiger partial charge on any atom is -0.305 e. The predicted molar refractivity (Wildman–Crippen MR) is 59.9 cm³/mol. The van der Waals surface area contributed by atoms with Crippen LogP contribution in [0.1, 0.15) is 7.43 Å². The Labute approximate surface area is 91.4 Å². The van der Waals surface area contributed by atoms with Crippen molar-refractivity contribution in [3.05, 3.63) is 30.6 Å².